The van der Waals surface area contributed by atoms with E-state index in [9.17, 15) is 0 Å². The first-order valence-electron chi connectivity index (χ1n) is 8.39. The maximum atomic E-state index is 4.51. The van der Waals surface area contributed by atoms with Crippen LogP contribution in [0.25, 0.3) is 0 Å². The van der Waals surface area contributed by atoms with Gasteiger partial charge in [0.05, 0.1) is 0 Å². The van der Waals surface area contributed by atoms with Crippen molar-refractivity contribution in [2.45, 2.75) is 33.2 Å². The van der Waals surface area contributed by atoms with E-state index in [0.29, 0.717) is 0 Å². The zero-order valence-corrected chi connectivity index (χ0v) is 14.1. The molecule has 5 heteroatoms. The summed E-state index contributed by atoms with van der Waals surface area (Å²) < 4.78 is 2.20. The van der Waals surface area contributed by atoms with E-state index in [1.54, 1.807) is 0 Å². The molecule has 0 aliphatic rings. The summed E-state index contributed by atoms with van der Waals surface area (Å²) in [7, 11) is 0. The third-order valence-corrected chi connectivity index (χ3v) is 3.48. The van der Waals surface area contributed by atoms with Gasteiger partial charge in [0, 0.05) is 45.0 Å². The number of benzene rings is 1. The van der Waals surface area contributed by atoms with Gasteiger partial charge < -0.3 is 15.2 Å². The Morgan fingerprint density at radius 2 is 2.00 bits per heavy atom. The van der Waals surface area contributed by atoms with Gasteiger partial charge in [-0.1, -0.05) is 37.3 Å². The second-order valence-electron chi connectivity index (χ2n) is 5.39. The highest BCUT2D eigenvalue weighted by atomic mass is 15.2. The molecule has 1 heterocycles. The molecule has 1 aromatic carbocycles. The number of guanidine groups is 1. The summed E-state index contributed by atoms with van der Waals surface area (Å²) in [4.78, 5) is 8.99. The predicted octanol–water partition coefficient (Wildman–Crippen LogP) is 2.44. The molecule has 0 fully saturated rings. The Morgan fingerprint density at radius 3 is 2.74 bits per heavy atom. The van der Waals surface area contributed by atoms with Gasteiger partial charge in [-0.25, -0.2) is 4.98 Å². The zero-order valence-electron chi connectivity index (χ0n) is 14.1. The van der Waals surface area contributed by atoms with Gasteiger partial charge in [-0.3, -0.25) is 4.99 Å². The third-order valence-electron chi connectivity index (χ3n) is 3.48. The minimum absolute atomic E-state index is 0.821. The lowest BCUT2D eigenvalue weighted by molar-refractivity contribution is 0.694. The zero-order chi connectivity index (χ0) is 16.3. The lowest BCUT2D eigenvalue weighted by Gasteiger charge is -2.12. The van der Waals surface area contributed by atoms with Crippen molar-refractivity contribution < 1.29 is 0 Å². The number of nitrogens with one attached hydrogen (secondary N) is 2. The van der Waals surface area contributed by atoms with Crippen LogP contribution in [0.5, 0.6) is 0 Å². The predicted molar refractivity (Wildman–Crippen MR) is 95.7 cm³/mol. The highest BCUT2D eigenvalue weighted by Gasteiger charge is 2.04. The lowest BCUT2D eigenvalue weighted by Crippen LogP contribution is -2.38. The van der Waals surface area contributed by atoms with Crippen molar-refractivity contribution in [2.24, 2.45) is 4.99 Å². The molecule has 0 amide bonds. The van der Waals surface area contributed by atoms with E-state index in [4.69, 9.17) is 0 Å². The van der Waals surface area contributed by atoms with Gasteiger partial charge in [-0.2, -0.15) is 0 Å². The summed E-state index contributed by atoms with van der Waals surface area (Å²) in [5.41, 5.74) is 1.29. The van der Waals surface area contributed by atoms with Crippen molar-refractivity contribution in [3.63, 3.8) is 0 Å². The molecular formula is C18H27N5. The standard InChI is InChI=1S/C18H27N5/c1-3-11-21-18(19-4-2)22-12-10-17-20-13-14-23(17)15-16-8-6-5-7-9-16/h5-9,13-14H,3-4,10-12,15H2,1-2H3,(H2,19,21,22). The fourth-order valence-electron chi connectivity index (χ4n) is 2.35. The van der Waals surface area contributed by atoms with Crippen LogP contribution in [-0.2, 0) is 13.0 Å². The van der Waals surface area contributed by atoms with Crippen LogP contribution in [-0.4, -0.2) is 35.1 Å². The van der Waals surface area contributed by atoms with Crippen molar-refractivity contribution in [1.29, 1.82) is 0 Å². The smallest absolute Gasteiger partial charge is 0.191 e. The Labute approximate surface area is 138 Å². The second kappa shape index (κ2) is 9.66. The summed E-state index contributed by atoms with van der Waals surface area (Å²) in [6, 6.07) is 10.5. The fraction of sp³-hybridized carbons (Fsp3) is 0.444. The molecule has 0 atom stereocenters. The minimum Gasteiger partial charge on any atom is -0.357 e. The quantitative estimate of drug-likeness (QED) is 0.581. The van der Waals surface area contributed by atoms with Gasteiger partial charge in [0.25, 0.3) is 0 Å². The van der Waals surface area contributed by atoms with Crippen LogP contribution in [0.4, 0.5) is 0 Å². The Hall–Kier alpha value is -2.30. The van der Waals surface area contributed by atoms with Crippen LogP contribution in [0, 0.1) is 0 Å². The van der Waals surface area contributed by atoms with Gasteiger partial charge >= 0.3 is 0 Å². The minimum atomic E-state index is 0.821. The number of hydrogen-bond acceptors (Lipinski definition) is 2. The van der Waals surface area contributed by atoms with Crippen LogP contribution >= 0.6 is 0 Å². The first kappa shape index (κ1) is 17.1. The average Bonchev–Trinajstić information content (AvgIpc) is 3.00. The molecule has 1 aromatic heterocycles. The summed E-state index contributed by atoms with van der Waals surface area (Å²) in [5.74, 6) is 1.98. The summed E-state index contributed by atoms with van der Waals surface area (Å²) in [5, 5.41) is 6.63. The topological polar surface area (TPSA) is 54.2 Å². The molecule has 2 rings (SSSR count). The molecule has 5 nitrogen and oxygen atoms in total. The molecule has 2 aromatic rings. The molecular weight excluding hydrogens is 286 g/mol. The number of nitrogens with zero attached hydrogens (tertiary/aromatic N) is 3. The average molecular weight is 313 g/mol. The molecule has 0 aliphatic carbocycles. The van der Waals surface area contributed by atoms with Gasteiger partial charge in [0.2, 0.25) is 0 Å². The molecule has 0 spiro atoms. The summed E-state index contributed by atoms with van der Waals surface area (Å²) >= 11 is 0. The van der Waals surface area contributed by atoms with Crippen LogP contribution in [0.1, 0.15) is 31.7 Å². The number of imidazole rings is 1. The first-order valence-corrected chi connectivity index (χ1v) is 8.39. The van der Waals surface area contributed by atoms with Crippen molar-refractivity contribution in [3.05, 3.63) is 54.1 Å². The molecule has 0 unspecified atom stereocenters. The van der Waals surface area contributed by atoms with Gasteiger partial charge in [-0.15, -0.1) is 0 Å². The van der Waals surface area contributed by atoms with E-state index >= 15 is 0 Å². The Balaban J connectivity index is 1.87. The normalized spacial score (nSPS) is 11.5. The van der Waals surface area contributed by atoms with Gasteiger partial charge in [-0.05, 0) is 18.9 Å². The second-order valence-corrected chi connectivity index (χ2v) is 5.39. The molecule has 0 saturated carbocycles. The van der Waals surface area contributed by atoms with Crippen LogP contribution < -0.4 is 10.6 Å². The maximum Gasteiger partial charge on any atom is 0.191 e. The molecule has 0 saturated heterocycles. The third kappa shape index (κ3) is 5.77. The van der Waals surface area contributed by atoms with Crippen LogP contribution in [0.15, 0.2) is 47.7 Å². The largest absolute Gasteiger partial charge is 0.357 e. The fourth-order valence-corrected chi connectivity index (χ4v) is 2.35. The SMILES string of the molecule is CCCN=C(NCC)NCCc1nccn1Cc1ccccc1. The first-order chi connectivity index (χ1) is 11.3. The van der Waals surface area contributed by atoms with E-state index < -0.39 is 0 Å². The molecule has 23 heavy (non-hydrogen) atoms. The van der Waals surface area contributed by atoms with E-state index in [2.05, 4.69) is 63.3 Å². The summed E-state index contributed by atoms with van der Waals surface area (Å²) in [6.07, 6.45) is 5.84. The van der Waals surface area contributed by atoms with Crippen LogP contribution in [0.2, 0.25) is 0 Å². The van der Waals surface area contributed by atoms with E-state index in [-0.39, 0.29) is 0 Å². The van der Waals surface area contributed by atoms with E-state index in [0.717, 1.165) is 50.8 Å². The van der Waals surface area contributed by atoms with Crippen molar-refractivity contribution in [2.75, 3.05) is 19.6 Å². The molecule has 2 N–H and O–H groups in total. The molecule has 0 radical (unpaired) electrons. The van der Waals surface area contributed by atoms with Crippen molar-refractivity contribution in [1.82, 2.24) is 20.2 Å². The van der Waals surface area contributed by atoms with Gasteiger partial charge in [0.15, 0.2) is 5.96 Å². The van der Waals surface area contributed by atoms with Crippen LogP contribution in [0.3, 0.4) is 0 Å². The number of hydrogen-bond donors (Lipinski definition) is 2. The number of aliphatic imine (C=N–C) groups is 1. The number of aromatic nitrogens is 2. The van der Waals surface area contributed by atoms with Gasteiger partial charge in [0.1, 0.15) is 5.82 Å². The maximum absolute atomic E-state index is 4.51. The lowest BCUT2D eigenvalue weighted by atomic mass is 10.2. The summed E-state index contributed by atoms with van der Waals surface area (Å²) in [6.45, 7) is 7.61. The Bertz CT molecular complexity index is 588. The monoisotopic (exact) mass is 313 g/mol. The Kier molecular flexibility index (Phi) is 7.17. The molecule has 0 aliphatic heterocycles. The highest BCUT2D eigenvalue weighted by molar-refractivity contribution is 5.79. The van der Waals surface area contributed by atoms with E-state index in [1.807, 2.05) is 18.5 Å². The highest BCUT2D eigenvalue weighted by Crippen LogP contribution is 2.05. The van der Waals surface area contributed by atoms with Crippen molar-refractivity contribution in [3.8, 4) is 0 Å². The number of rotatable bonds is 8. The molecule has 124 valence electrons. The van der Waals surface area contributed by atoms with Crippen molar-refractivity contribution >= 4 is 5.96 Å². The Morgan fingerprint density at radius 1 is 1.17 bits per heavy atom. The van der Waals surface area contributed by atoms with E-state index in [1.165, 1.54) is 5.56 Å². The molecule has 0 bridgehead atoms.